The molecule has 0 saturated heterocycles. The molecule has 0 spiro atoms. The van der Waals surface area contributed by atoms with E-state index < -0.39 is 30.4 Å². The SMILES string of the molecule is C[Si]1(C)c2ccc3oc4ccc(cc4c3c2)[Si](C)(C)[Si](C)(C)c2cc3c(cn2)oc2cnc(cc23)[Si]1(C)C. The molecule has 0 amide bonds. The van der Waals surface area contributed by atoms with Gasteiger partial charge in [0.05, 0.1) is 27.6 Å². The maximum atomic E-state index is 6.37. The molecule has 0 atom stereocenters. The topological polar surface area (TPSA) is 52.1 Å². The number of benzene rings is 2. The predicted octanol–water partition coefficient (Wildman–Crippen LogP) is 5.81. The van der Waals surface area contributed by atoms with Crippen LogP contribution in [0.2, 0.25) is 52.4 Å². The molecule has 4 aromatic heterocycles. The van der Waals surface area contributed by atoms with Gasteiger partial charge in [-0.3, -0.25) is 9.97 Å². The van der Waals surface area contributed by atoms with Crippen molar-refractivity contribution in [3.63, 3.8) is 0 Å². The zero-order chi connectivity index (χ0) is 26.8. The van der Waals surface area contributed by atoms with E-state index in [-0.39, 0.29) is 0 Å². The summed E-state index contributed by atoms with van der Waals surface area (Å²) in [6.07, 6.45) is 3.92. The number of hydrogen-bond donors (Lipinski definition) is 0. The summed E-state index contributed by atoms with van der Waals surface area (Å²) >= 11 is 0. The van der Waals surface area contributed by atoms with E-state index in [1.165, 1.54) is 42.6 Å². The lowest BCUT2D eigenvalue weighted by Gasteiger charge is -2.38. The molecule has 0 aliphatic carbocycles. The Morgan fingerprint density at radius 1 is 0.447 bits per heavy atom. The summed E-state index contributed by atoms with van der Waals surface area (Å²) in [6, 6.07) is 18.7. The number of rotatable bonds is 0. The van der Waals surface area contributed by atoms with Gasteiger partial charge >= 0.3 is 0 Å². The second-order valence-corrected chi connectivity index (χ2v) is 43.4. The number of hydrogen-bond acceptors (Lipinski definition) is 4. The van der Waals surface area contributed by atoms with Crippen LogP contribution in [0.4, 0.5) is 0 Å². The van der Waals surface area contributed by atoms with E-state index in [0.717, 1.165) is 22.3 Å². The minimum atomic E-state index is -1.97. The molecule has 38 heavy (non-hydrogen) atoms. The highest BCUT2D eigenvalue weighted by atomic mass is 29.3. The van der Waals surface area contributed by atoms with Crippen molar-refractivity contribution in [3.05, 3.63) is 60.9 Å². The van der Waals surface area contributed by atoms with Gasteiger partial charge in [-0.15, -0.1) is 0 Å². The highest BCUT2D eigenvalue weighted by molar-refractivity contribution is 7.50. The molecule has 8 heteroatoms. The van der Waals surface area contributed by atoms with Crippen LogP contribution in [0.5, 0.6) is 0 Å². The van der Waals surface area contributed by atoms with Crippen molar-refractivity contribution in [3.8, 4) is 0 Å². The Balaban J connectivity index is 1.63. The van der Waals surface area contributed by atoms with Crippen LogP contribution in [-0.2, 0) is 0 Å². The predicted molar refractivity (Wildman–Crippen MR) is 171 cm³/mol. The lowest BCUT2D eigenvalue weighted by Crippen LogP contribution is -2.69. The number of furan rings is 2. The molecule has 8 bridgehead atoms. The highest BCUT2D eigenvalue weighted by Gasteiger charge is 2.47. The normalized spacial score (nSPS) is 19.4. The van der Waals surface area contributed by atoms with Gasteiger partial charge in [-0.1, -0.05) is 87.0 Å². The van der Waals surface area contributed by atoms with Crippen LogP contribution >= 0.6 is 0 Å². The van der Waals surface area contributed by atoms with E-state index in [4.69, 9.17) is 18.8 Å². The fraction of sp³-hybridized carbons (Fsp3) is 0.267. The molecule has 2 aromatic carbocycles. The summed E-state index contributed by atoms with van der Waals surface area (Å²) in [6.45, 7) is 20.1. The summed E-state index contributed by atoms with van der Waals surface area (Å²) in [4.78, 5) is 10.1. The van der Waals surface area contributed by atoms with Crippen LogP contribution in [0.3, 0.4) is 0 Å². The van der Waals surface area contributed by atoms with Crippen molar-refractivity contribution >= 4 is 95.3 Å². The maximum Gasteiger partial charge on any atom is 0.153 e. The lowest BCUT2D eigenvalue weighted by atomic mass is 10.1. The zero-order valence-electron chi connectivity index (χ0n) is 23.5. The summed E-state index contributed by atoms with van der Waals surface area (Å²) < 4.78 is 12.6. The Morgan fingerprint density at radius 2 is 0.816 bits per heavy atom. The van der Waals surface area contributed by atoms with Gasteiger partial charge in [0.15, 0.2) is 11.2 Å². The van der Waals surface area contributed by atoms with Crippen LogP contribution in [0.25, 0.3) is 43.9 Å². The second-order valence-electron chi connectivity index (χ2n) is 13.3. The summed E-state index contributed by atoms with van der Waals surface area (Å²) in [5.41, 5.74) is 3.69. The molecule has 0 unspecified atom stereocenters. The Hall–Kier alpha value is -2.79. The van der Waals surface area contributed by atoms with E-state index in [1.54, 1.807) is 0 Å². The van der Waals surface area contributed by atoms with E-state index in [9.17, 15) is 0 Å². The minimum absolute atomic E-state index is 0.860. The van der Waals surface area contributed by atoms with Gasteiger partial charge < -0.3 is 8.83 Å². The molecule has 4 nitrogen and oxygen atoms in total. The lowest BCUT2D eigenvalue weighted by molar-refractivity contribution is 0.665. The first-order chi connectivity index (χ1) is 17.8. The summed E-state index contributed by atoms with van der Waals surface area (Å²) in [5, 5.41) is 10.4. The number of fused-ring (bicyclic) bond motifs is 4. The Kier molecular flexibility index (Phi) is 4.75. The molecule has 0 N–H and O–H groups in total. The van der Waals surface area contributed by atoms with Crippen molar-refractivity contribution in [2.24, 2.45) is 0 Å². The van der Waals surface area contributed by atoms with Gasteiger partial charge in [0.1, 0.15) is 26.3 Å². The third kappa shape index (κ3) is 3.00. The van der Waals surface area contributed by atoms with Gasteiger partial charge in [0.2, 0.25) is 0 Å². The average Bonchev–Trinajstić information content (AvgIpc) is 3.44. The third-order valence-electron chi connectivity index (χ3n) is 10.6. The Morgan fingerprint density at radius 3 is 1.24 bits per heavy atom. The third-order valence-corrected chi connectivity index (χ3v) is 45.4. The van der Waals surface area contributed by atoms with Crippen molar-refractivity contribution in [2.75, 3.05) is 0 Å². The van der Waals surface area contributed by atoms with Crippen molar-refractivity contribution < 1.29 is 8.83 Å². The molecule has 0 saturated carbocycles. The number of aromatic nitrogens is 2. The Bertz CT molecular complexity index is 1670. The zero-order valence-corrected chi connectivity index (χ0v) is 27.5. The first-order valence-electron chi connectivity index (χ1n) is 13.5. The molecule has 0 fully saturated rings. The van der Waals surface area contributed by atoms with Gasteiger partial charge in [-0.2, -0.15) is 0 Å². The monoisotopic (exact) mass is 566 g/mol. The minimum Gasteiger partial charge on any atom is -0.456 e. The molecule has 1 aliphatic heterocycles. The molecular formula is C30H34N2O2Si4. The molecule has 6 aromatic rings. The molecular weight excluding hydrogens is 533 g/mol. The second kappa shape index (κ2) is 7.44. The smallest absolute Gasteiger partial charge is 0.153 e. The maximum absolute atomic E-state index is 6.37. The fourth-order valence-corrected chi connectivity index (χ4v) is 22.6. The van der Waals surface area contributed by atoms with E-state index >= 15 is 0 Å². The standard InChI is InChI=1S/C30H34N2O2Si4/c1-35(2)19-9-11-25-21(13-19)22-14-20(10-12-26(22)33-25)36(3,4)38(7,8)30-16-24-23-15-29(37(35,5)6)31-17-27(23)34-28(24)18-32-30/h9-18H,1-8H3. The first kappa shape index (κ1) is 24.3. The van der Waals surface area contributed by atoms with Crippen LogP contribution < -0.4 is 21.0 Å². The highest BCUT2D eigenvalue weighted by Crippen LogP contribution is 2.33. The largest absolute Gasteiger partial charge is 0.456 e. The fourth-order valence-electron chi connectivity index (χ4n) is 6.19. The van der Waals surface area contributed by atoms with Crippen LogP contribution in [-0.4, -0.2) is 40.3 Å². The van der Waals surface area contributed by atoms with Crippen molar-refractivity contribution in [2.45, 2.75) is 52.4 Å². The average molecular weight is 567 g/mol. The number of pyridine rings is 2. The van der Waals surface area contributed by atoms with Gasteiger partial charge in [-0.05, 0) is 24.3 Å². The molecule has 0 radical (unpaired) electrons. The van der Waals surface area contributed by atoms with Gasteiger partial charge in [-0.25, -0.2) is 0 Å². The van der Waals surface area contributed by atoms with Gasteiger partial charge in [0, 0.05) is 32.2 Å². The molecule has 7 rings (SSSR count). The quantitative estimate of drug-likeness (QED) is 0.218. The van der Waals surface area contributed by atoms with Gasteiger partial charge in [0.25, 0.3) is 0 Å². The summed E-state index contributed by atoms with van der Waals surface area (Å²) in [5.74, 6) is 0. The summed E-state index contributed by atoms with van der Waals surface area (Å²) in [7, 11) is -7.76. The first-order valence-corrected chi connectivity index (χ1v) is 27.5. The molecule has 1 aliphatic rings. The molecule has 192 valence electrons. The van der Waals surface area contributed by atoms with Crippen LogP contribution in [0.1, 0.15) is 0 Å². The van der Waals surface area contributed by atoms with Crippen LogP contribution in [0, 0.1) is 0 Å². The Labute approximate surface area is 226 Å². The van der Waals surface area contributed by atoms with Crippen molar-refractivity contribution in [1.29, 1.82) is 0 Å². The van der Waals surface area contributed by atoms with Crippen LogP contribution in [0.15, 0.2) is 69.8 Å². The van der Waals surface area contributed by atoms with E-state index in [0.29, 0.717) is 0 Å². The molecule has 5 heterocycles. The number of nitrogens with zero attached hydrogens (tertiary/aromatic N) is 2. The van der Waals surface area contributed by atoms with E-state index in [1.807, 2.05) is 12.4 Å². The van der Waals surface area contributed by atoms with E-state index in [2.05, 4.69) is 101 Å². The van der Waals surface area contributed by atoms with Crippen molar-refractivity contribution in [1.82, 2.24) is 9.97 Å².